The van der Waals surface area contributed by atoms with Crippen LogP contribution in [0.2, 0.25) is 5.02 Å². The number of ether oxygens (including phenoxy) is 1. The fraction of sp³-hybridized carbons (Fsp3) is 0.0417. The Morgan fingerprint density at radius 1 is 1.12 bits per heavy atom. The lowest BCUT2D eigenvalue weighted by Gasteiger charge is -2.09. The minimum absolute atomic E-state index is 0.0559. The van der Waals surface area contributed by atoms with E-state index in [2.05, 4.69) is 9.97 Å². The number of methoxy groups -OCH3 is 1. The molecule has 33 heavy (non-hydrogen) atoms. The molecule has 0 aliphatic rings. The first-order chi connectivity index (χ1) is 16.0. The molecule has 164 valence electrons. The molecule has 0 aliphatic heterocycles. The van der Waals surface area contributed by atoms with Gasteiger partial charge in [-0.25, -0.2) is 4.98 Å². The first-order valence-electron chi connectivity index (χ1n) is 9.80. The van der Waals surface area contributed by atoms with Gasteiger partial charge in [0.25, 0.3) is 0 Å². The number of nitrogens with zero attached hydrogens (tertiary/aromatic N) is 3. The average Bonchev–Trinajstić information content (AvgIpc) is 3.37. The number of thiazole rings is 1. The van der Waals surface area contributed by atoms with Crippen molar-refractivity contribution in [2.75, 3.05) is 7.11 Å². The second-order valence-corrected chi connectivity index (χ2v) is 8.58. The number of ketones is 1. The Morgan fingerprint density at radius 2 is 1.91 bits per heavy atom. The molecule has 0 spiro atoms. The second kappa shape index (κ2) is 8.23. The Morgan fingerprint density at radius 3 is 2.61 bits per heavy atom. The lowest BCUT2D eigenvalue weighted by molar-refractivity contribution is 0.103. The number of hydrogen-bond donors (Lipinski definition) is 2. The number of fused-ring (bicyclic) bond motifs is 1. The molecule has 7 nitrogen and oxygen atoms in total. The third-order valence-corrected chi connectivity index (χ3v) is 6.42. The van der Waals surface area contributed by atoms with Crippen LogP contribution in [-0.4, -0.2) is 37.6 Å². The van der Waals surface area contributed by atoms with Crippen molar-refractivity contribution >= 4 is 38.9 Å². The van der Waals surface area contributed by atoms with Crippen molar-refractivity contribution in [3.05, 3.63) is 83.1 Å². The molecule has 0 saturated carbocycles. The summed E-state index contributed by atoms with van der Waals surface area (Å²) < 4.78 is 7.48. The molecule has 2 N–H and O–H groups in total. The zero-order valence-electron chi connectivity index (χ0n) is 17.2. The van der Waals surface area contributed by atoms with Crippen LogP contribution in [0.15, 0.2) is 67.0 Å². The number of rotatable bonds is 5. The lowest BCUT2D eigenvalue weighted by Crippen LogP contribution is -2.05. The van der Waals surface area contributed by atoms with Crippen LogP contribution in [0.1, 0.15) is 15.9 Å². The number of benzene rings is 2. The number of halogens is 1. The highest BCUT2D eigenvalue weighted by Gasteiger charge is 2.31. The van der Waals surface area contributed by atoms with Gasteiger partial charge in [-0.05, 0) is 48.0 Å². The third-order valence-electron chi connectivity index (χ3n) is 5.16. The van der Waals surface area contributed by atoms with Crippen LogP contribution in [0.25, 0.3) is 26.6 Å². The standard InChI is InChI=1S/C24H16ClN3O4S/c1-32-16-8-9-17-18(11-16)33-24(27-17)28-20(13-4-6-15(25)7-5-13)19(22(30)23(28)31)21(29)14-3-2-10-26-12-14/h2-12,30-31H,1H3. The van der Waals surface area contributed by atoms with Crippen molar-refractivity contribution in [3.63, 3.8) is 0 Å². The maximum absolute atomic E-state index is 13.4. The smallest absolute Gasteiger partial charge is 0.242 e. The minimum Gasteiger partial charge on any atom is -0.503 e. The summed E-state index contributed by atoms with van der Waals surface area (Å²) in [5.74, 6) is -0.839. The SMILES string of the molecule is COc1ccc2nc(-n3c(O)c(O)c(C(=O)c4cccnc4)c3-c3ccc(Cl)cc3)sc2c1. The molecule has 3 aromatic heterocycles. The van der Waals surface area contributed by atoms with Gasteiger partial charge >= 0.3 is 0 Å². The largest absolute Gasteiger partial charge is 0.503 e. The lowest BCUT2D eigenvalue weighted by atomic mass is 10.0. The maximum atomic E-state index is 13.4. The summed E-state index contributed by atoms with van der Waals surface area (Å²) in [6.45, 7) is 0. The Hall–Kier alpha value is -3.88. The van der Waals surface area contributed by atoms with Gasteiger partial charge < -0.3 is 14.9 Å². The Balaban J connectivity index is 1.79. The van der Waals surface area contributed by atoms with Crippen LogP contribution in [0.4, 0.5) is 0 Å². The van der Waals surface area contributed by atoms with Gasteiger partial charge in [0.15, 0.2) is 10.9 Å². The highest BCUT2D eigenvalue weighted by atomic mass is 35.5. The maximum Gasteiger partial charge on any atom is 0.242 e. The highest BCUT2D eigenvalue weighted by Crippen LogP contribution is 2.45. The normalized spacial score (nSPS) is 11.1. The Bertz CT molecular complexity index is 1490. The molecule has 0 fully saturated rings. The number of carbonyl (C=O) groups is 1. The van der Waals surface area contributed by atoms with E-state index in [0.29, 0.717) is 32.7 Å². The molecule has 9 heteroatoms. The highest BCUT2D eigenvalue weighted by molar-refractivity contribution is 7.20. The zero-order valence-corrected chi connectivity index (χ0v) is 18.8. The average molecular weight is 478 g/mol. The predicted molar refractivity (Wildman–Crippen MR) is 127 cm³/mol. The van der Waals surface area contributed by atoms with E-state index in [4.69, 9.17) is 16.3 Å². The van der Waals surface area contributed by atoms with Crippen LogP contribution < -0.4 is 4.74 Å². The molecule has 2 aromatic carbocycles. The summed E-state index contributed by atoms with van der Waals surface area (Å²) in [5.41, 5.74) is 1.76. The van der Waals surface area contributed by atoms with E-state index in [1.54, 1.807) is 61.8 Å². The predicted octanol–water partition coefficient (Wildman–Crippen LogP) is 5.45. The molecule has 3 heterocycles. The molecule has 0 amide bonds. The number of carbonyl (C=O) groups excluding carboxylic acids is 1. The molecular formula is C24H16ClN3O4S. The molecule has 0 radical (unpaired) electrons. The van der Waals surface area contributed by atoms with Crippen molar-refractivity contribution in [2.45, 2.75) is 0 Å². The van der Waals surface area contributed by atoms with Crippen LogP contribution in [-0.2, 0) is 0 Å². The van der Waals surface area contributed by atoms with Gasteiger partial charge in [0.2, 0.25) is 11.7 Å². The number of aromatic hydroxyl groups is 2. The van der Waals surface area contributed by atoms with Crippen molar-refractivity contribution in [3.8, 4) is 33.8 Å². The number of pyridine rings is 1. The number of hydrogen-bond acceptors (Lipinski definition) is 7. The van der Waals surface area contributed by atoms with E-state index in [0.717, 1.165) is 4.70 Å². The molecule has 0 atom stereocenters. The summed E-state index contributed by atoms with van der Waals surface area (Å²) in [7, 11) is 1.58. The molecule has 0 bridgehead atoms. The zero-order chi connectivity index (χ0) is 23.1. The van der Waals surface area contributed by atoms with E-state index >= 15 is 0 Å². The summed E-state index contributed by atoms with van der Waals surface area (Å²) in [4.78, 5) is 22.0. The van der Waals surface area contributed by atoms with Crippen LogP contribution >= 0.6 is 22.9 Å². The summed E-state index contributed by atoms with van der Waals surface area (Å²) >= 11 is 7.36. The summed E-state index contributed by atoms with van der Waals surface area (Å²) in [6, 6.07) is 15.4. The number of aromatic nitrogens is 3. The molecule has 5 aromatic rings. The van der Waals surface area contributed by atoms with E-state index in [-0.39, 0.29) is 11.1 Å². The first-order valence-corrected chi connectivity index (χ1v) is 11.0. The van der Waals surface area contributed by atoms with Gasteiger partial charge in [-0.1, -0.05) is 35.1 Å². The van der Waals surface area contributed by atoms with Crippen molar-refractivity contribution < 1.29 is 19.7 Å². The van der Waals surface area contributed by atoms with Crippen molar-refractivity contribution in [2.24, 2.45) is 0 Å². The topological polar surface area (TPSA) is 97.5 Å². The molecule has 5 rings (SSSR count). The van der Waals surface area contributed by atoms with Gasteiger partial charge in [0.1, 0.15) is 5.75 Å². The molecule has 0 unspecified atom stereocenters. The molecule has 0 aliphatic carbocycles. The van der Waals surface area contributed by atoms with Gasteiger partial charge in [-0.2, -0.15) is 0 Å². The van der Waals surface area contributed by atoms with E-state index in [1.165, 1.54) is 22.1 Å². The van der Waals surface area contributed by atoms with Gasteiger partial charge in [-0.15, -0.1) is 0 Å². The van der Waals surface area contributed by atoms with Crippen molar-refractivity contribution in [1.82, 2.24) is 14.5 Å². The molecular weight excluding hydrogens is 462 g/mol. The first kappa shape index (κ1) is 21.0. The fourth-order valence-corrected chi connectivity index (χ4v) is 4.72. The Kier molecular flexibility index (Phi) is 5.24. The summed E-state index contributed by atoms with van der Waals surface area (Å²) in [6.07, 6.45) is 2.96. The van der Waals surface area contributed by atoms with Gasteiger partial charge in [0, 0.05) is 23.0 Å². The molecule has 0 saturated heterocycles. The quantitative estimate of drug-likeness (QED) is 0.326. The van der Waals surface area contributed by atoms with Gasteiger partial charge in [0.05, 0.1) is 28.6 Å². The third kappa shape index (κ3) is 3.59. The van der Waals surface area contributed by atoms with Gasteiger partial charge in [-0.3, -0.25) is 14.3 Å². The van der Waals surface area contributed by atoms with E-state index in [9.17, 15) is 15.0 Å². The fourth-order valence-electron chi connectivity index (χ4n) is 3.59. The van der Waals surface area contributed by atoms with Crippen LogP contribution in [0.3, 0.4) is 0 Å². The van der Waals surface area contributed by atoms with E-state index in [1.807, 2.05) is 6.07 Å². The van der Waals surface area contributed by atoms with E-state index < -0.39 is 17.4 Å². The monoisotopic (exact) mass is 477 g/mol. The summed E-state index contributed by atoms with van der Waals surface area (Å²) in [5, 5.41) is 22.7. The second-order valence-electron chi connectivity index (χ2n) is 7.14. The minimum atomic E-state index is -0.536. The van der Waals surface area contributed by atoms with Crippen LogP contribution in [0.5, 0.6) is 17.4 Å². The van der Waals surface area contributed by atoms with Crippen LogP contribution in [0, 0.1) is 0 Å². The Labute approximate surface area is 197 Å². The van der Waals surface area contributed by atoms with Crippen molar-refractivity contribution in [1.29, 1.82) is 0 Å².